The maximum absolute atomic E-state index is 12.7. The summed E-state index contributed by atoms with van der Waals surface area (Å²) in [5.74, 6) is 0.389. The lowest BCUT2D eigenvalue weighted by molar-refractivity contribution is -0.117. The average Bonchev–Trinajstić information content (AvgIpc) is 3.17. The topological polar surface area (TPSA) is 81.3 Å². The monoisotopic (exact) mass is 421 g/mol. The van der Waals surface area contributed by atoms with Crippen molar-refractivity contribution in [3.8, 4) is 0 Å². The van der Waals surface area contributed by atoms with Crippen molar-refractivity contribution in [2.75, 3.05) is 5.32 Å². The van der Waals surface area contributed by atoms with Gasteiger partial charge in [0, 0.05) is 10.6 Å². The van der Waals surface area contributed by atoms with Crippen molar-refractivity contribution >= 4 is 38.8 Å². The number of benzene rings is 1. The molecule has 1 aliphatic carbocycles. The highest BCUT2D eigenvalue weighted by molar-refractivity contribution is 7.19. The molecule has 0 bridgehead atoms. The number of thiophene rings is 1. The Morgan fingerprint density at radius 1 is 1.27 bits per heavy atom. The molecule has 1 N–H and O–H groups in total. The summed E-state index contributed by atoms with van der Waals surface area (Å²) < 4.78 is 2.96. The molecule has 0 aliphatic heterocycles. The molecule has 4 aromatic rings. The van der Waals surface area contributed by atoms with Crippen LogP contribution in [0.15, 0.2) is 29.3 Å². The molecule has 1 atom stereocenters. The van der Waals surface area contributed by atoms with E-state index in [0.29, 0.717) is 11.6 Å². The number of amides is 1. The van der Waals surface area contributed by atoms with Crippen LogP contribution in [-0.2, 0) is 24.2 Å². The summed E-state index contributed by atoms with van der Waals surface area (Å²) in [6.45, 7) is 6.11. The number of carbonyl (C=O) groups excluding carboxylic acids is 1. The summed E-state index contributed by atoms with van der Waals surface area (Å²) in [7, 11) is 0. The van der Waals surface area contributed by atoms with Crippen LogP contribution in [0.4, 0.5) is 5.69 Å². The van der Waals surface area contributed by atoms with Crippen molar-refractivity contribution in [3.05, 3.63) is 56.6 Å². The molecule has 7 nitrogen and oxygen atoms in total. The quantitative estimate of drug-likeness (QED) is 0.549. The molecule has 0 saturated heterocycles. The van der Waals surface area contributed by atoms with E-state index in [1.807, 2.05) is 32.0 Å². The van der Waals surface area contributed by atoms with Gasteiger partial charge in [-0.3, -0.25) is 4.79 Å². The fourth-order valence-electron chi connectivity index (χ4n) is 4.39. The van der Waals surface area contributed by atoms with Crippen LogP contribution < -0.4 is 11.0 Å². The van der Waals surface area contributed by atoms with E-state index < -0.39 is 5.69 Å². The number of carbonyl (C=O) groups is 1. The molecule has 1 aliphatic rings. The van der Waals surface area contributed by atoms with Crippen molar-refractivity contribution in [2.45, 2.75) is 46.6 Å². The molecule has 0 fully saturated rings. The fourth-order valence-corrected chi connectivity index (χ4v) is 5.73. The Labute approximate surface area is 177 Å². The first-order chi connectivity index (χ1) is 14.4. The Bertz CT molecular complexity index is 1340. The molecule has 1 amide bonds. The molecule has 30 heavy (non-hydrogen) atoms. The summed E-state index contributed by atoms with van der Waals surface area (Å²) in [5.41, 5.74) is 4.28. The summed E-state index contributed by atoms with van der Waals surface area (Å²) >= 11 is 1.70. The summed E-state index contributed by atoms with van der Waals surface area (Å²) in [4.78, 5) is 36.4. The van der Waals surface area contributed by atoms with Gasteiger partial charge in [0.05, 0.1) is 5.39 Å². The maximum Gasteiger partial charge on any atom is 0.365 e. The smallest absolute Gasteiger partial charge is 0.324 e. The lowest BCUT2D eigenvalue weighted by atomic mass is 9.89. The zero-order valence-electron chi connectivity index (χ0n) is 17.2. The van der Waals surface area contributed by atoms with E-state index >= 15 is 0 Å². The molecule has 0 radical (unpaired) electrons. The van der Waals surface area contributed by atoms with Gasteiger partial charge in [-0.15, -0.1) is 11.3 Å². The van der Waals surface area contributed by atoms with Crippen LogP contribution in [0.2, 0.25) is 0 Å². The SMILES string of the molecule is Cc1cc(C)cc(NC(=O)Cn2c(=O)nc3c4c5c(sc4ncn32)CC(C)CC5)c1. The van der Waals surface area contributed by atoms with Crippen molar-refractivity contribution in [2.24, 2.45) is 5.92 Å². The first kappa shape index (κ1) is 19.0. The van der Waals surface area contributed by atoms with E-state index in [2.05, 4.69) is 22.2 Å². The number of aryl methyl sites for hydroxylation is 3. The van der Waals surface area contributed by atoms with Crippen LogP contribution >= 0.6 is 11.3 Å². The van der Waals surface area contributed by atoms with Gasteiger partial charge in [0.15, 0.2) is 5.65 Å². The van der Waals surface area contributed by atoms with E-state index in [1.165, 1.54) is 15.1 Å². The number of rotatable bonds is 3. The molecule has 8 heteroatoms. The number of fused-ring (bicyclic) bond motifs is 5. The minimum Gasteiger partial charge on any atom is -0.324 e. The molecule has 3 aromatic heterocycles. The predicted molar refractivity (Wildman–Crippen MR) is 118 cm³/mol. The van der Waals surface area contributed by atoms with E-state index in [4.69, 9.17) is 0 Å². The van der Waals surface area contributed by atoms with E-state index in [0.717, 1.165) is 46.3 Å². The van der Waals surface area contributed by atoms with Crippen LogP contribution in [0.1, 0.15) is 34.9 Å². The molecule has 154 valence electrons. The summed E-state index contributed by atoms with van der Waals surface area (Å²) in [6, 6.07) is 5.86. The number of hydrogen-bond donors (Lipinski definition) is 1. The van der Waals surface area contributed by atoms with Gasteiger partial charge in [0.25, 0.3) is 0 Å². The van der Waals surface area contributed by atoms with Crippen LogP contribution in [0.5, 0.6) is 0 Å². The highest BCUT2D eigenvalue weighted by Crippen LogP contribution is 2.38. The number of hydrogen-bond acceptors (Lipinski definition) is 5. The molecular weight excluding hydrogens is 398 g/mol. The first-order valence-electron chi connectivity index (χ1n) is 10.2. The fraction of sp³-hybridized carbons (Fsp3) is 0.364. The third kappa shape index (κ3) is 3.21. The van der Waals surface area contributed by atoms with Gasteiger partial charge < -0.3 is 5.32 Å². The number of aromatic nitrogens is 4. The number of anilines is 1. The zero-order valence-corrected chi connectivity index (χ0v) is 18.0. The second-order valence-corrected chi connectivity index (χ2v) is 9.40. The highest BCUT2D eigenvalue weighted by Gasteiger charge is 2.24. The van der Waals surface area contributed by atoms with Gasteiger partial charge in [-0.1, -0.05) is 13.0 Å². The standard InChI is InChI=1S/C22H23N5O2S/c1-12-4-5-16-17(9-12)30-21-19(16)20-25-22(29)26(27(20)11-23-21)10-18(28)24-15-7-13(2)6-14(3)8-15/h6-8,11-12H,4-5,9-10H2,1-3H3,(H,24,28). The predicted octanol–water partition coefficient (Wildman–Crippen LogP) is 3.49. The van der Waals surface area contributed by atoms with E-state index in [1.54, 1.807) is 22.2 Å². The Morgan fingerprint density at radius 2 is 2.03 bits per heavy atom. The Kier molecular flexibility index (Phi) is 4.47. The minimum absolute atomic E-state index is 0.121. The minimum atomic E-state index is -0.441. The van der Waals surface area contributed by atoms with Crippen LogP contribution in [0.25, 0.3) is 15.9 Å². The third-order valence-electron chi connectivity index (χ3n) is 5.70. The summed E-state index contributed by atoms with van der Waals surface area (Å²) in [5, 5.41) is 3.85. The Morgan fingerprint density at radius 3 is 2.80 bits per heavy atom. The Hall–Kier alpha value is -3.00. The van der Waals surface area contributed by atoms with Crippen molar-refractivity contribution in [1.82, 2.24) is 19.2 Å². The molecule has 0 saturated carbocycles. The molecular formula is C22H23N5O2S. The second-order valence-electron chi connectivity index (χ2n) is 8.32. The molecule has 3 heterocycles. The molecule has 0 spiro atoms. The van der Waals surface area contributed by atoms with E-state index in [9.17, 15) is 9.59 Å². The van der Waals surface area contributed by atoms with Crippen LogP contribution in [-0.4, -0.2) is 25.1 Å². The van der Waals surface area contributed by atoms with Crippen molar-refractivity contribution < 1.29 is 4.79 Å². The zero-order chi connectivity index (χ0) is 21.0. The molecule has 1 unspecified atom stereocenters. The van der Waals surface area contributed by atoms with Crippen LogP contribution in [0, 0.1) is 19.8 Å². The molecule has 1 aromatic carbocycles. The first-order valence-corrected chi connectivity index (χ1v) is 11.0. The van der Waals surface area contributed by atoms with Gasteiger partial charge >= 0.3 is 5.69 Å². The van der Waals surface area contributed by atoms with Crippen molar-refractivity contribution in [3.63, 3.8) is 0 Å². The summed E-state index contributed by atoms with van der Waals surface area (Å²) in [6.07, 6.45) is 4.75. The van der Waals surface area contributed by atoms with Crippen molar-refractivity contribution in [1.29, 1.82) is 0 Å². The van der Waals surface area contributed by atoms with E-state index in [-0.39, 0.29) is 12.5 Å². The lowest BCUT2D eigenvalue weighted by Crippen LogP contribution is -2.28. The third-order valence-corrected chi connectivity index (χ3v) is 6.86. The Balaban J connectivity index is 1.52. The van der Waals surface area contributed by atoms with Crippen LogP contribution in [0.3, 0.4) is 0 Å². The van der Waals surface area contributed by atoms with Gasteiger partial charge in [-0.05, 0) is 67.9 Å². The average molecular weight is 422 g/mol. The normalized spacial score (nSPS) is 16.2. The maximum atomic E-state index is 12.7. The second kappa shape index (κ2) is 7.05. The largest absolute Gasteiger partial charge is 0.365 e. The van der Waals surface area contributed by atoms with Gasteiger partial charge in [0.2, 0.25) is 5.91 Å². The van der Waals surface area contributed by atoms with Gasteiger partial charge in [-0.2, -0.15) is 4.98 Å². The van der Waals surface area contributed by atoms with Gasteiger partial charge in [-0.25, -0.2) is 19.0 Å². The van der Waals surface area contributed by atoms with Gasteiger partial charge in [0.1, 0.15) is 17.7 Å². The lowest BCUT2D eigenvalue weighted by Gasteiger charge is -2.17. The number of nitrogens with one attached hydrogen (secondary N) is 1. The molecule has 5 rings (SSSR count). The number of nitrogens with zero attached hydrogens (tertiary/aromatic N) is 4. The highest BCUT2D eigenvalue weighted by atomic mass is 32.1.